The summed E-state index contributed by atoms with van der Waals surface area (Å²) in [4.78, 5) is 12.6. The summed E-state index contributed by atoms with van der Waals surface area (Å²) < 4.78 is 14.4. The maximum atomic E-state index is 13.7. The highest BCUT2D eigenvalue weighted by atomic mass is 32.2. The molecule has 1 aliphatic carbocycles. The second kappa shape index (κ2) is 9.01. The molecule has 2 N–H and O–H groups in total. The summed E-state index contributed by atoms with van der Waals surface area (Å²) in [5.41, 5.74) is 0.358. The number of hydrogen-bond donors (Lipinski definition) is 2. The first-order valence-corrected chi connectivity index (χ1v) is 11.0. The van der Waals surface area contributed by atoms with Crippen molar-refractivity contribution in [2.75, 3.05) is 5.32 Å². The smallest absolute Gasteiger partial charge is 0.233 e. The lowest BCUT2D eigenvalue weighted by molar-refractivity contribution is -0.121. The van der Waals surface area contributed by atoms with Gasteiger partial charge in [-0.05, 0) is 37.3 Å². The molecule has 1 aromatic heterocycles. The van der Waals surface area contributed by atoms with Crippen LogP contribution in [0.5, 0.6) is 0 Å². The molecular weight excluding hydrogens is 383 g/mol. The van der Waals surface area contributed by atoms with Gasteiger partial charge >= 0.3 is 0 Å². The van der Waals surface area contributed by atoms with Crippen molar-refractivity contribution in [2.45, 2.75) is 55.7 Å². The second-order valence-corrected chi connectivity index (χ2v) is 9.69. The first-order chi connectivity index (χ1) is 12.9. The molecule has 1 fully saturated rings. The predicted molar refractivity (Wildman–Crippen MR) is 109 cm³/mol. The highest BCUT2D eigenvalue weighted by Crippen LogP contribution is 2.32. The molecule has 146 valence electrons. The van der Waals surface area contributed by atoms with Crippen LogP contribution in [0.2, 0.25) is 0 Å². The molecule has 1 aliphatic rings. The normalized spacial score (nSPS) is 23.6. The quantitative estimate of drug-likeness (QED) is 0.669. The minimum Gasteiger partial charge on any atom is -0.352 e. The van der Waals surface area contributed by atoms with E-state index in [1.165, 1.54) is 42.0 Å². The predicted octanol–water partition coefficient (Wildman–Crippen LogP) is 4.84. The Kier molecular flexibility index (Phi) is 6.70. The molecule has 27 heavy (non-hydrogen) atoms. The fourth-order valence-electron chi connectivity index (χ4n) is 3.28. The molecule has 1 saturated carbocycles. The van der Waals surface area contributed by atoms with E-state index in [0.29, 0.717) is 27.0 Å². The van der Waals surface area contributed by atoms with E-state index >= 15 is 0 Å². The average molecular weight is 409 g/mol. The minimum absolute atomic E-state index is 0.0322. The summed E-state index contributed by atoms with van der Waals surface area (Å²) in [6.45, 7) is 6.35. The zero-order valence-corrected chi connectivity index (χ0v) is 17.4. The van der Waals surface area contributed by atoms with Gasteiger partial charge in [-0.15, -0.1) is 10.2 Å². The average Bonchev–Trinajstić information content (AvgIpc) is 3.08. The highest BCUT2D eigenvalue weighted by Gasteiger charge is 2.29. The third-order valence-corrected chi connectivity index (χ3v) is 7.23. The van der Waals surface area contributed by atoms with Gasteiger partial charge in [0.25, 0.3) is 0 Å². The number of carbonyl (C=O) groups excluding carboxylic acids is 1. The van der Waals surface area contributed by atoms with E-state index in [0.717, 1.165) is 6.42 Å². The Labute approximate surface area is 167 Å². The lowest BCUT2D eigenvalue weighted by Crippen LogP contribution is -2.46. The van der Waals surface area contributed by atoms with Gasteiger partial charge in [-0.2, -0.15) is 0 Å². The number of halogens is 1. The Morgan fingerprint density at radius 1 is 1.30 bits per heavy atom. The van der Waals surface area contributed by atoms with Gasteiger partial charge in [0.2, 0.25) is 11.0 Å². The van der Waals surface area contributed by atoms with Gasteiger partial charge in [-0.1, -0.05) is 61.9 Å². The van der Waals surface area contributed by atoms with Crippen molar-refractivity contribution in [3.05, 3.63) is 30.1 Å². The number of aromatic nitrogens is 2. The third kappa shape index (κ3) is 5.19. The van der Waals surface area contributed by atoms with Crippen LogP contribution in [0.15, 0.2) is 28.6 Å². The van der Waals surface area contributed by atoms with Crippen molar-refractivity contribution in [3.63, 3.8) is 0 Å². The summed E-state index contributed by atoms with van der Waals surface area (Å²) in [6, 6.07) is 6.67. The molecule has 0 radical (unpaired) electrons. The maximum absolute atomic E-state index is 13.7. The molecule has 1 aromatic carbocycles. The second-order valence-electron chi connectivity index (χ2n) is 7.12. The van der Waals surface area contributed by atoms with E-state index in [9.17, 15) is 9.18 Å². The van der Waals surface area contributed by atoms with E-state index in [2.05, 4.69) is 34.7 Å². The molecule has 5 nitrogen and oxygen atoms in total. The van der Waals surface area contributed by atoms with Gasteiger partial charge in [0.1, 0.15) is 5.82 Å². The number of thioether (sulfide) groups is 1. The van der Waals surface area contributed by atoms with Gasteiger partial charge in [0.15, 0.2) is 4.34 Å². The van der Waals surface area contributed by atoms with Crippen molar-refractivity contribution >= 4 is 39.8 Å². The largest absolute Gasteiger partial charge is 0.352 e. The topological polar surface area (TPSA) is 66.9 Å². The van der Waals surface area contributed by atoms with Crippen LogP contribution < -0.4 is 10.6 Å². The van der Waals surface area contributed by atoms with Gasteiger partial charge < -0.3 is 10.6 Å². The maximum Gasteiger partial charge on any atom is 0.233 e. The zero-order chi connectivity index (χ0) is 19.4. The number of hydrogen-bond acceptors (Lipinski definition) is 6. The van der Waals surface area contributed by atoms with Gasteiger partial charge in [0.05, 0.1) is 10.9 Å². The Balaban J connectivity index is 1.55. The van der Waals surface area contributed by atoms with Crippen LogP contribution in [0.4, 0.5) is 15.2 Å². The summed E-state index contributed by atoms with van der Waals surface area (Å²) >= 11 is 2.69. The molecule has 4 atom stereocenters. The molecule has 3 rings (SSSR count). The molecule has 0 spiro atoms. The summed E-state index contributed by atoms with van der Waals surface area (Å²) in [5, 5.41) is 14.5. The van der Waals surface area contributed by atoms with Gasteiger partial charge in [-0.25, -0.2) is 4.39 Å². The van der Waals surface area contributed by atoms with E-state index in [-0.39, 0.29) is 23.0 Å². The van der Waals surface area contributed by atoms with E-state index < -0.39 is 0 Å². The van der Waals surface area contributed by atoms with Crippen molar-refractivity contribution < 1.29 is 9.18 Å². The summed E-state index contributed by atoms with van der Waals surface area (Å²) in [6.07, 6.45) is 3.45. The molecular formula is C19H25FN4OS2. The van der Waals surface area contributed by atoms with Crippen LogP contribution in [0, 0.1) is 17.7 Å². The van der Waals surface area contributed by atoms with Crippen LogP contribution >= 0.6 is 23.1 Å². The Hall–Kier alpha value is -1.67. The van der Waals surface area contributed by atoms with Crippen molar-refractivity contribution in [2.24, 2.45) is 11.8 Å². The number of rotatable bonds is 6. The molecule has 8 heteroatoms. The van der Waals surface area contributed by atoms with E-state index in [1.807, 2.05) is 6.92 Å². The van der Waals surface area contributed by atoms with Crippen LogP contribution in [0.3, 0.4) is 0 Å². The van der Waals surface area contributed by atoms with E-state index in [4.69, 9.17) is 0 Å². The number of carbonyl (C=O) groups is 1. The molecule has 1 amide bonds. The van der Waals surface area contributed by atoms with Gasteiger partial charge in [0, 0.05) is 6.04 Å². The number of anilines is 2. The fraction of sp³-hybridized carbons (Fsp3) is 0.526. The molecule has 2 aromatic rings. The first-order valence-electron chi connectivity index (χ1n) is 9.26. The van der Waals surface area contributed by atoms with Crippen LogP contribution in [-0.2, 0) is 4.79 Å². The van der Waals surface area contributed by atoms with Crippen molar-refractivity contribution in [1.29, 1.82) is 0 Å². The van der Waals surface area contributed by atoms with Crippen LogP contribution in [0.25, 0.3) is 0 Å². The highest BCUT2D eigenvalue weighted by molar-refractivity contribution is 8.02. The standard InChI is InChI=1S/C19H25FN4OS2/c1-11-7-6-10-15(12(11)2)21-17(25)13(3)26-19-24-23-18(27-19)22-16-9-5-4-8-14(16)20/h4-5,8-9,11-13,15H,6-7,10H2,1-3H3,(H,21,25)(H,22,23)/t11-,12-,13-,15-/m1/s1. The van der Waals surface area contributed by atoms with Crippen molar-refractivity contribution in [3.8, 4) is 0 Å². The monoisotopic (exact) mass is 408 g/mol. The third-order valence-electron chi connectivity index (χ3n) is 5.20. The lowest BCUT2D eigenvalue weighted by Gasteiger charge is -2.35. The first kappa shape index (κ1) is 20.1. The lowest BCUT2D eigenvalue weighted by atomic mass is 9.78. The van der Waals surface area contributed by atoms with Gasteiger partial charge in [-0.3, -0.25) is 4.79 Å². The van der Waals surface area contributed by atoms with Crippen LogP contribution in [-0.4, -0.2) is 27.4 Å². The van der Waals surface area contributed by atoms with Crippen LogP contribution in [0.1, 0.15) is 40.0 Å². The zero-order valence-electron chi connectivity index (χ0n) is 15.7. The Morgan fingerprint density at radius 2 is 2.07 bits per heavy atom. The molecule has 0 bridgehead atoms. The number of nitrogens with zero attached hydrogens (tertiary/aromatic N) is 2. The molecule has 0 aliphatic heterocycles. The number of amides is 1. The Bertz CT molecular complexity index is 785. The van der Waals surface area contributed by atoms with Crippen molar-refractivity contribution in [1.82, 2.24) is 15.5 Å². The SMILES string of the molecule is C[C@@H]1[C@H](C)CCC[C@H]1NC(=O)[C@@H](C)Sc1nnc(Nc2ccccc2F)s1. The number of benzene rings is 1. The molecule has 0 unspecified atom stereocenters. The number of para-hydroxylation sites is 1. The molecule has 1 heterocycles. The minimum atomic E-state index is -0.342. The number of nitrogens with one attached hydrogen (secondary N) is 2. The Morgan fingerprint density at radius 3 is 2.85 bits per heavy atom. The summed E-state index contributed by atoms with van der Waals surface area (Å²) in [7, 11) is 0. The molecule has 0 saturated heterocycles. The van der Waals surface area contributed by atoms with E-state index in [1.54, 1.807) is 18.2 Å². The fourth-order valence-corrected chi connectivity index (χ4v) is 5.19. The summed E-state index contributed by atoms with van der Waals surface area (Å²) in [5.74, 6) is 0.829.